The predicted octanol–water partition coefficient (Wildman–Crippen LogP) is 2.23. The molecule has 100 valence electrons. The molecule has 0 aromatic carbocycles. The molecule has 0 aliphatic rings. The minimum atomic E-state index is -0.366. The number of hydrogen-bond acceptors (Lipinski definition) is 3. The van der Waals surface area contributed by atoms with E-state index in [0.717, 1.165) is 9.35 Å². The fourth-order valence-corrected chi connectivity index (χ4v) is 2.83. The minimum absolute atomic E-state index is 0.320. The Morgan fingerprint density at radius 1 is 1.26 bits per heavy atom. The van der Waals surface area contributed by atoms with Crippen molar-refractivity contribution in [3.05, 3.63) is 44.3 Å². The largest absolute Gasteiger partial charge is 0.345 e. The van der Waals surface area contributed by atoms with Gasteiger partial charge in [0.15, 0.2) is 0 Å². The Kier molecular flexibility index (Phi) is 4.06. The van der Waals surface area contributed by atoms with Crippen molar-refractivity contribution in [2.24, 2.45) is 7.05 Å². The van der Waals surface area contributed by atoms with Gasteiger partial charge in [0, 0.05) is 22.6 Å². The molecule has 0 unspecified atom stereocenters. The first kappa shape index (κ1) is 13.8. The molecule has 19 heavy (non-hydrogen) atoms. The molecule has 0 saturated carbocycles. The van der Waals surface area contributed by atoms with E-state index >= 15 is 0 Å². The highest BCUT2D eigenvalue weighted by Gasteiger charge is 2.13. The van der Waals surface area contributed by atoms with Crippen LogP contribution < -0.4 is 10.9 Å². The summed E-state index contributed by atoms with van der Waals surface area (Å²) in [5.41, 5.74) is 5.23. The Morgan fingerprint density at radius 2 is 1.95 bits per heavy atom. The summed E-state index contributed by atoms with van der Waals surface area (Å²) in [4.78, 5) is 25.2. The third kappa shape index (κ3) is 3.24. The standard InChI is InChI=1S/C12H12BrN3O2S/c1-7-3-4-10(19-7)12(18)15-14-11(17)9-5-8(13)6-16(9)2/h3-6H,1-2H3,(H,14,17)(H,15,18). The maximum atomic E-state index is 11.9. The van der Waals surface area contributed by atoms with Gasteiger partial charge >= 0.3 is 0 Å². The molecular weight excluding hydrogens is 330 g/mol. The number of nitrogens with one attached hydrogen (secondary N) is 2. The fraction of sp³-hybridized carbons (Fsp3) is 0.167. The number of nitrogens with zero attached hydrogens (tertiary/aromatic N) is 1. The van der Waals surface area contributed by atoms with Gasteiger partial charge in [-0.1, -0.05) is 0 Å². The number of amides is 2. The Labute approximate surface area is 122 Å². The zero-order valence-electron chi connectivity index (χ0n) is 10.4. The second kappa shape index (κ2) is 5.58. The molecule has 2 aromatic heterocycles. The molecular formula is C12H12BrN3O2S. The van der Waals surface area contributed by atoms with Gasteiger partial charge in [-0.15, -0.1) is 11.3 Å². The lowest BCUT2D eigenvalue weighted by Gasteiger charge is -2.06. The molecule has 7 heteroatoms. The van der Waals surface area contributed by atoms with Crippen molar-refractivity contribution in [3.8, 4) is 0 Å². The molecule has 2 rings (SSSR count). The van der Waals surface area contributed by atoms with E-state index in [1.54, 1.807) is 29.9 Å². The highest BCUT2D eigenvalue weighted by Crippen LogP contribution is 2.15. The lowest BCUT2D eigenvalue weighted by atomic mass is 10.4. The van der Waals surface area contributed by atoms with Crippen molar-refractivity contribution >= 4 is 39.1 Å². The Hall–Kier alpha value is -1.60. The minimum Gasteiger partial charge on any atom is -0.345 e. The van der Waals surface area contributed by atoms with Crippen molar-refractivity contribution in [1.29, 1.82) is 0 Å². The lowest BCUT2D eigenvalue weighted by molar-refractivity contribution is 0.0844. The van der Waals surface area contributed by atoms with E-state index in [1.165, 1.54) is 11.3 Å². The average Bonchev–Trinajstić information content (AvgIpc) is 2.92. The second-order valence-corrected chi connectivity index (χ2v) is 6.18. The van der Waals surface area contributed by atoms with Crippen molar-refractivity contribution in [1.82, 2.24) is 15.4 Å². The summed E-state index contributed by atoms with van der Waals surface area (Å²) in [6.45, 7) is 1.92. The third-order valence-electron chi connectivity index (χ3n) is 2.46. The van der Waals surface area contributed by atoms with Crippen LogP contribution in [-0.2, 0) is 7.05 Å². The van der Waals surface area contributed by atoms with Gasteiger partial charge in [0.05, 0.1) is 4.88 Å². The van der Waals surface area contributed by atoms with Crippen LogP contribution in [0.5, 0.6) is 0 Å². The van der Waals surface area contributed by atoms with Crippen molar-refractivity contribution < 1.29 is 9.59 Å². The maximum absolute atomic E-state index is 11.9. The summed E-state index contributed by atoms with van der Waals surface area (Å²) in [6.07, 6.45) is 1.76. The predicted molar refractivity (Wildman–Crippen MR) is 77.1 cm³/mol. The molecule has 2 amide bonds. The van der Waals surface area contributed by atoms with E-state index < -0.39 is 0 Å². The van der Waals surface area contributed by atoms with Gasteiger partial charge < -0.3 is 4.57 Å². The van der Waals surface area contributed by atoms with E-state index in [2.05, 4.69) is 26.8 Å². The van der Waals surface area contributed by atoms with Crippen LogP contribution in [0.4, 0.5) is 0 Å². The van der Waals surface area contributed by atoms with Crippen LogP contribution in [0, 0.1) is 6.92 Å². The molecule has 0 atom stereocenters. The zero-order chi connectivity index (χ0) is 14.0. The first-order valence-electron chi connectivity index (χ1n) is 5.46. The molecule has 0 bridgehead atoms. The highest BCUT2D eigenvalue weighted by atomic mass is 79.9. The first-order chi connectivity index (χ1) is 8.97. The van der Waals surface area contributed by atoms with Gasteiger partial charge in [-0.05, 0) is 41.1 Å². The first-order valence-corrected chi connectivity index (χ1v) is 7.07. The smallest absolute Gasteiger partial charge is 0.286 e. The summed E-state index contributed by atoms with van der Waals surface area (Å²) in [5.74, 6) is -0.686. The third-order valence-corrected chi connectivity index (χ3v) is 3.89. The summed E-state index contributed by atoms with van der Waals surface area (Å²) in [5, 5.41) is 0. The summed E-state index contributed by atoms with van der Waals surface area (Å²) >= 11 is 4.66. The van der Waals surface area contributed by atoms with Gasteiger partial charge in [0.1, 0.15) is 5.69 Å². The lowest BCUT2D eigenvalue weighted by Crippen LogP contribution is -2.41. The van der Waals surface area contributed by atoms with E-state index in [0.29, 0.717) is 10.6 Å². The van der Waals surface area contributed by atoms with Crippen molar-refractivity contribution in [2.75, 3.05) is 0 Å². The van der Waals surface area contributed by atoms with E-state index in [4.69, 9.17) is 0 Å². The number of aromatic nitrogens is 1. The fourth-order valence-electron chi connectivity index (χ4n) is 1.55. The van der Waals surface area contributed by atoms with Crippen molar-refractivity contribution in [2.45, 2.75) is 6.92 Å². The zero-order valence-corrected chi connectivity index (χ0v) is 12.8. The van der Waals surface area contributed by atoms with Crippen LogP contribution >= 0.6 is 27.3 Å². The van der Waals surface area contributed by atoms with Crippen LogP contribution in [-0.4, -0.2) is 16.4 Å². The van der Waals surface area contributed by atoms with Gasteiger partial charge in [0.25, 0.3) is 11.8 Å². The summed E-state index contributed by atoms with van der Waals surface area (Å²) in [7, 11) is 1.75. The molecule has 0 fully saturated rings. The number of thiophene rings is 1. The number of hydrogen-bond donors (Lipinski definition) is 2. The number of carbonyl (C=O) groups excluding carboxylic acids is 2. The maximum Gasteiger partial charge on any atom is 0.286 e. The second-order valence-electron chi connectivity index (χ2n) is 3.97. The average molecular weight is 342 g/mol. The number of aryl methyl sites for hydroxylation is 2. The van der Waals surface area contributed by atoms with E-state index in [-0.39, 0.29) is 11.8 Å². The van der Waals surface area contributed by atoms with E-state index in [1.807, 2.05) is 13.0 Å². The quantitative estimate of drug-likeness (QED) is 0.822. The number of carbonyl (C=O) groups is 2. The monoisotopic (exact) mass is 341 g/mol. The molecule has 0 saturated heterocycles. The topological polar surface area (TPSA) is 63.1 Å². The number of rotatable bonds is 2. The van der Waals surface area contributed by atoms with Crippen molar-refractivity contribution in [3.63, 3.8) is 0 Å². The SMILES string of the molecule is Cc1ccc(C(=O)NNC(=O)c2cc(Br)cn2C)s1. The molecule has 2 N–H and O–H groups in total. The molecule has 0 aliphatic carbocycles. The summed E-state index contributed by atoms with van der Waals surface area (Å²) < 4.78 is 2.47. The van der Waals surface area contributed by atoms with Crippen LogP contribution in [0.1, 0.15) is 25.0 Å². The molecule has 2 heterocycles. The van der Waals surface area contributed by atoms with Gasteiger partial charge in [-0.2, -0.15) is 0 Å². The number of hydrazine groups is 1. The molecule has 0 radical (unpaired) electrons. The van der Waals surface area contributed by atoms with Crippen LogP contribution in [0.2, 0.25) is 0 Å². The normalized spacial score (nSPS) is 10.3. The van der Waals surface area contributed by atoms with Gasteiger partial charge in [0.2, 0.25) is 0 Å². The highest BCUT2D eigenvalue weighted by molar-refractivity contribution is 9.10. The Bertz CT molecular complexity index is 633. The van der Waals surface area contributed by atoms with Crippen LogP contribution in [0.25, 0.3) is 0 Å². The summed E-state index contributed by atoms with van der Waals surface area (Å²) in [6, 6.07) is 5.26. The Balaban J connectivity index is 1.97. The van der Waals surface area contributed by atoms with Gasteiger partial charge in [-0.25, -0.2) is 0 Å². The van der Waals surface area contributed by atoms with Gasteiger partial charge in [-0.3, -0.25) is 20.4 Å². The molecule has 5 nitrogen and oxygen atoms in total. The molecule has 0 aliphatic heterocycles. The number of halogens is 1. The molecule has 0 spiro atoms. The van der Waals surface area contributed by atoms with Crippen LogP contribution in [0.3, 0.4) is 0 Å². The molecule has 2 aromatic rings. The Morgan fingerprint density at radius 3 is 2.47 bits per heavy atom. The van der Waals surface area contributed by atoms with E-state index in [9.17, 15) is 9.59 Å². The van der Waals surface area contributed by atoms with Crippen LogP contribution in [0.15, 0.2) is 28.9 Å².